The minimum absolute atomic E-state index is 0.262. The van der Waals surface area contributed by atoms with Crippen molar-refractivity contribution in [3.05, 3.63) is 96.6 Å². The number of hydrogen-bond donors (Lipinski definition) is 1. The number of hydrogen-bond acceptors (Lipinski definition) is 4. The molecule has 0 aliphatic heterocycles. The molecule has 0 bridgehead atoms. The van der Waals surface area contributed by atoms with Crippen LogP contribution in [0.3, 0.4) is 0 Å². The molecule has 30 heavy (non-hydrogen) atoms. The van der Waals surface area contributed by atoms with Gasteiger partial charge in [0.2, 0.25) is 0 Å². The molecule has 5 rings (SSSR count). The molecular formula is C23H15FN4OS. The number of nitrogens with one attached hydrogen (secondary N) is 1. The highest BCUT2D eigenvalue weighted by Gasteiger charge is 2.15. The highest BCUT2D eigenvalue weighted by Crippen LogP contribution is 2.34. The fraction of sp³-hybridized carbons (Fsp3) is 0. The molecule has 5 aromatic rings. The maximum absolute atomic E-state index is 13.1. The molecular weight excluding hydrogens is 399 g/mol. The third-order valence-electron chi connectivity index (χ3n) is 4.61. The largest absolute Gasteiger partial charge is 0.320 e. The molecule has 5 nitrogen and oxygen atoms in total. The molecule has 2 aromatic heterocycles. The molecule has 146 valence electrons. The number of amides is 1. The van der Waals surface area contributed by atoms with Gasteiger partial charge in [0.15, 0.2) is 5.69 Å². The van der Waals surface area contributed by atoms with Gasteiger partial charge < -0.3 is 5.32 Å². The monoisotopic (exact) mass is 414 g/mol. The summed E-state index contributed by atoms with van der Waals surface area (Å²) < 4.78 is 15.8. The number of rotatable bonds is 4. The van der Waals surface area contributed by atoms with Crippen LogP contribution in [-0.4, -0.2) is 20.7 Å². The second-order valence-corrected chi connectivity index (χ2v) is 7.64. The molecule has 0 radical (unpaired) electrons. The molecule has 0 saturated carbocycles. The summed E-state index contributed by atoms with van der Waals surface area (Å²) in [4.78, 5) is 17.5. The number of thiazole rings is 1. The van der Waals surface area contributed by atoms with E-state index in [9.17, 15) is 9.18 Å². The van der Waals surface area contributed by atoms with Crippen molar-refractivity contribution in [2.24, 2.45) is 0 Å². The van der Waals surface area contributed by atoms with E-state index in [0.29, 0.717) is 11.4 Å². The highest BCUT2D eigenvalue weighted by atomic mass is 32.1. The average molecular weight is 414 g/mol. The maximum Gasteiger partial charge on any atom is 0.276 e. The van der Waals surface area contributed by atoms with Crippen molar-refractivity contribution in [1.82, 2.24) is 14.8 Å². The number of halogens is 1. The lowest BCUT2D eigenvalue weighted by Gasteiger charge is -2.08. The molecule has 1 N–H and O–H groups in total. The topological polar surface area (TPSA) is 59.8 Å². The molecule has 0 saturated heterocycles. The highest BCUT2D eigenvalue weighted by molar-refractivity contribution is 7.21. The number of carbonyl (C=O) groups excluding carboxylic acids is 1. The third kappa shape index (κ3) is 3.46. The molecule has 0 unspecified atom stereocenters. The van der Waals surface area contributed by atoms with Gasteiger partial charge in [0, 0.05) is 11.8 Å². The van der Waals surface area contributed by atoms with Crippen molar-refractivity contribution < 1.29 is 9.18 Å². The zero-order valence-electron chi connectivity index (χ0n) is 15.6. The molecule has 0 spiro atoms. The van der Waals surface area contributed by atoms with Crippen LogP contribution in [0.2, 0.25) is 0 Å². The van der Waals surface area contributed by atoms with Crippen LogP contribution in [0.5, 0.6) is 0 Å². The van der Waals surface area contributed by atoms with Gasteiger partial charge in [0.05, 0.1) is 21.6 Å². The summed E-state index contributed by atoms with van der Waals surface area (Å²) in [7, 11) is 0. The molecule has 2 heterocycles. The quantitative estimate of drug-likeness (QED) is 0.420. The molecule has 0 aliphatic carbocycles. The van der Waals surface area contributed by atoms with Crippen LogP contribution in [0.1, 0.15) is 10.5 Å². The summed E-state index contributed by atoms with van der Waals surface area (Å²) >= 11 is 1.58. The molecule has 3 aromatic carbocycles. The molecule has 1 amide bonds. The van der Waals surface area contributed by atoms with Crippen LogP contribution in [0.4, 0.5) is 10.1 Å². The van der Waals surface area contributed by atoms with Gasteiger partial charge in [-0.2, -0.15) is 5.10 Å². The Labute approximate surface area is 175 Å². The van der Waals surface area contributed by atoms with E-state index in [2.05, 4.69) is 10.4 Å². The molecule has 0 aliphatic rings. The van der Waals surface area contributed by atoms with Crippen molar-refractivity contribution in [1.29, 1.82) is 0 Å². The Morgan fingerprint density at radius 3 is 2.53 bits per heavy atom. The maximum atomic E-state index is 13.1. The van der Waals surface area contributed by atoms with Gasteiger partial charge in [-0.15, -0.1) is 11.3 Å². The van der Waals surface area contributed by atoms with Crippen LogP contribution in [0.15, 0.2) is 85.1 Å². The molecule has 7 heteroatoms. The van der Waals surface area contributed by atoms with Crippen LogP contribution >= 0.6 is 11.3 Å². The molecule has 0 atom stereocenters. The summed E-state index contributed by atoms with van der Waals surface area (Å²) in [5.41, 5.74) is 3.38. The standard InChI is InChI=1S/C23H15FN4OS/c24-15-9-11-16(12-10-15)28-14-13-20(27-28)22(29)25-18-6-2-1-5-17(18)23-26-19-7-3-4-8-21(19)30-23/h1-14H,(H,25,29). The van der Waals surface area contributed by atoms with Crippen LogP contribution in [-0.2, 0) is 0 Å². The zero-order chi connectivity index (χ0) is 20.5. The zero-order valence-corrected chi connectivity index (χ0v) is 16.4. The average Bonchev–Trinajstić information content (AvgIpc) is 3.42. The number of aromatic nitrogens is 3. The minimum atomic E-state index is -0.329. The van der Waals surface area contributed by atoms with E-state index < -0.39 is 0 Å². The summed E-state index contributed by atoms with van der Waals surface area (Å²) in [6.07, 6.45) is 1.67. The number of anilines is 1. The SMILES string of the molecule is O=C(Nc1ccccc1-c1nc2ccccc2s1)c1ccn(-c2ccc(F)cc2)n1. The second-order valence-electron chi connectivity index (χ2n) is 6.61. The Morgan fingerprint density at radius 1 is 0.933 bits per heavy atom. The van der Waals surface area contributed by atoms with Gasteiger partial charge in [0.1, 0.15) is 10.8 Å². The first kappa shape index (κ1) is 18.2. The van der Waals surface area contributed by atoms with Crippen LogP contribution in [0.25, 0.3) is 26.5 Å². The van der Waals surface area contributed by atoms with E-state index in [1.165, 1.54) is 16.8 Å². The Bertz CT molecular complexity index is 1320. The number of carbonyl (C=O) groups is 1. The Kier molecular flexibility index (Phi) is 4.57. The Balaban J connectivity index is 1.42. The summed E-state index contributed by atoms with van der Waals surface area (Å²) in [6.45, 7) is 0. The van der Waals surface area contributed by atoms with E-state index in [1.807, 2.05) is 48.5 Å². The smallest absolute Gasteiger partial charge is 0.276 e. The van der Waals surface area contributed by atoms with E-state index in [0.717, 1.165) is 20.8 Å². The summed E-state index contributed by atoms with van der Waals surface area (Å²) in [5.74, 6) is -0.653. The van der Waals surface area contributed by atoms with Crippen molar-refractivity contribution in [3.8, 4) is 16.3 Å². The molecule has 0 fully saturated rings. The normalized spacial score (nSPS) is 11.0. The minimum Gasteiger partial charge on any atom is -0.320 e. The van der Waals surface area contributed by atoms with E-state index in [1.54, 1.807) is 35.7 Å². The lowest BCUT2D eigenvalue weighted by Crippen LogP contribution is -2.13. The lowest BCUT2D eigenvalue weighted by atomic mass is 10.2. The van der Waals surface area contributed by atoms with Gasteiger partial charge >= 0.3 is 0 Å². The number of para-hydroxylation sites is 2. The summed E-state index contributed by atoms with van der Waals surface area (Å²) in [6, 6.07) is 23.0. The fourth-order valence-corrected chi connectivity index (χ4v) is 4.14. The Morgan fingerprint density at radius 2 is 1.70 bits per heavy atom. The first-order chi connectivity index (χ1) is 14.7. The van der Waals surface area contributed by atoms with Gasteiger partial charge in [-0.1, -0.05) is 24.3 Å². The van der Waals surface area contributed by atoms with E-state index in [4.69, 9.17) is 4.98 Å². The predicted octanol–water partition coefficient (Wildman–Crippen LogP) is 5.54. The third-order valence-corrected chi connectivity index (χ3v) is 5.68. The van der Waals surface area contributed by atoms with E-state index >= 15 is 0 Å². The van der Waals surface area contributed by atoms with Crippen molar-refractivity contribution in [2.45, 2.75) is 0 Å². The lowest BCUT2D eigenvalue weighted by molar-refractivity contribution is 0.102. The Hall–Kier alpha value is -3.84. The first-order valence-electron chi connectivity index (χ1n) is 9.25. The van der Waals surface area contributed by atoms with Crippen molar-refractivity contribution >= 4 is 33.1 Å². The summed E-state index contributed by atoms with van der Waals surface area (Å²) in [5, 5.41) is 8.09. The first-order valence-corrected chi connectivity index (χ1v) is 10.1. The van der Waals surface area contributed by atoms with E-state index in [-0.39, 0.29) is 17.4 Å². The van der Waals surface area contributed by atoms with Crippen LogP contribution < -0.4 is 5.32 Å². The second kappa shape index (κ2) is 7.53. The predicted molar refractivity (Wildman–Crippen MR) is 117 cm³/mol. The van der Waals surface area contributed by atoms with Crippen molar-refractivity contribution in [2.75, 3.05) is 5.32 Å². The fourth-order valence-electron chi connectivity index (χ4n) is 3.14. The van der Waals surface area contributed by atoms with Gasteiger partial charge in [-0.3, -0.25) is 4.79 Å². The number of fused-ring (bicyclic) bond motifs is 1. The van der Waals surface area contributed by atoms with Gasteiger partial charge in [0.25, 0.3) is 5.91 Å². The van der Waals surface area contributed by atoms with Crippen molar-refractivity contribution in [3.63, 3.8) is 0 Å². The number of nitrogens with zero attached hydrogens (tertiary/aromatic N) is 3. The van der Waals surface area contributed by atoms with Gasteiger partial charge in [-0.05, 0) is 54.6 Å². The number of benzene rings is 3. The van der Waals surface area contributed by atoms with Crippen LogP contribution in [0, 0.1) is 5.82 Å². The van der Waals surface area contributed by atoms with Gasteiger partial charge in [-0.25, -0.2) is 14.1 Å².